The van der Waals surface area contributed by atoms with Crippen molar-refractivity contribution in [2.45, 2.75) is 21.7 Å². The van der Waals surface area contributed by atoms with E-state index in [0.717, 1.165) is 0 Å². The summed E-state index contributed by atoms with van der Waals surface area (Å²) in [6.07, 6.45) is 0. The lowest BCUT2D eigenvalue weighted by atomic mass is 9.25. The number of rotatable bonds is 2. The van der Waals surface area contributed by atoms with Crippen LogP contribution in [0.25, 0.3) is 0 Å². The zero-order valence-corrected chi connectivity index (χ0v) is 12.6. The highest BCUT2D eigenvalue weighted by Gasteiger charge is 2.70. The van der Waals surface area contributed by atoms with Gasteiger partial charge in [0, 0.05) is 5.34 Å². The van der Waals surface area contributed by atoms with Gasteiger partial charge in [-0.3, -0.25) is 4.79 Å². The number of hydrogen-bond acceptors (Lipinski definition) is 4. The normalized spacial score (nSPS) is 33.5. The highest BCUT2D eigenvalue weighted by molar-refractivity contribution is 7.35. The molecule has 12 radical (unpaired) electrons. The second-order valence-corrected chi connectivity index (χ2v) is 6.17. The molecule has 2 aliphatic rings. The van der Waals surface area contributed by atoms with Crippen molar-refractivity contribution in [1.29, 1.82) is 0 Å². The number of carboxylic acids is 1. The Labute approximate surface area is 133 Å². The first-order chi connectivity index (χ1) is 9.47. The second kappa shape index (κ2) is 5.09. The van der Waals surface area contributed by atoms with Crippen LogP contribution in [-0.4, -0.2) is 99.2 Å². The number of ether oxygens (including phenoxy) is 2. The van der Waals surface area contributed by atoms with E-state index in [9.17, 15) is 9.90 Å². The predicted octanol–water partition coefficient (Wildman–Crippen LogP) is -2.60. The molecule has 21 heavy (non-hydrogen) atoms. The van der Waals surface area contributed by atoms with Gasteiger partial charge in [0.25, 0.3) is 0 Å². The number of hydrogen-bond donors (Lipinski definition) is 1. The molecule has 0 aromatic heterocycles. The maximum Gasteiger partial charge on any atom is 0.311 e. The zero-order chi connectivity index (χ0) is 16.3. The smallest absolute Gasteiger partial charge is 0.311 e. The first-order valence-corrected chi connectivity index (χ1v) is 7.63. The van der Waals surface area contributed by atoms with E-state index in [-0.39, 0.29) is 21.9 Å². The number of aliphatic carboxylic acids is 1. The van der Waals surface area contributed by atoms with Gasteiger partial charge in [-0.25, -0.2) is 0 Å². The fourth-order valence-corrected chi connectivity index (χ4v) is 4.08. The molecule has 98 valence electrons. The summed E-state index contributed by atoms with van der Waals surface area (Å²) in [5.74, 6) is -5.03. The fourth-order valence-electron chi connectivity index (χ4n) is 3.00. The number of carbonyl (C=O) groups is 1. The highest BCUT2D eigenvalue weighted by atomic mass is 31.1. The molecule has 1 spiro atoms. The third-order valence-electron chi connectivity index (χ3n) is 4.04. The van der Waals surface area contributed by atoms with Crippen LogP contribution in [0, 0.1) is 5.92 Å². The topological polar surface area (TPSA) is 59.0 Å². The van der Waals surface area contributed by atoms with Gasteiger partial charge in [0.2, 0.25) is 0 Å². The van der Waals surface area contributed by atoms with Gasteiger partial charge < -0.3 is 19.3 Å². The van der Waals surface area contributed by atoms with Crippen LogP contribution in [0.15, 0.2) is 0 Å². The maximum atomic E-state index is 11.7. The minimum atomic E-state index is -2.10. The summed E-state index contributed by atoms with van der Waals surface area (Å²) in [5, 5.41) is 3.56. The Morgan fingerprint density at radius 2 is 1.62 bits per heavy atom. The van der Waals surface area contributed by atoms with Crippen molar-refractivity contribution in [3.05, 3.63) is 0 Å². The molecule has 0 amide bonds. The van der Waals surface area contributed by atoms with E-state index in [2.05, 4.69) is 0 Å². The second-order valence-electron chi connectivity index (χ2n) is 5.28. The first kappa shape index (κ1) is 17.5. The zero-order valence-electron chi connectivity index (χ0n) is 11.6. The molecule has 0 aromatic rings. The molecule has 0 aromatic carbocycles. The Kier molecular flexibility index (Phi) is 4.24. The molecule has 5 nitrogen and oxygen atoms in total. The molecular weight excluding hydrogens is 282 g/mol. The van der Waals surface area contributed by atoms with Gasteiger partial charge in [0.15, 0.2) is 5.79 Å². The lowest BCUT2D eigenvalue weighted by Crippen LogP contribution is -2.82. The minimum Gasteiger partial charge on any atom is -0.481 e. The standard InChI is InChI=1S/C9H10B6NO4P/c1-21-16-8(12,13)6(10,11)4(5(17)18)7(9(16,14)15)19-2-3-20-7/h4,21H,2-3H2,1H3,(H,17,18). The van der Waals surface area contributed by atoms with Crippen LogP contribution < -0.4 is 0 Å². The molecule has 0 aliphatic carbocycles. The third-order valence-corrected chi connectivity index (χ3v) is 5.22. The lowest BCUT2D eigenvalue weighted by molar-refractivity contribution is -0.247. The lowest BCUT2D eigenvalue weighted by Gasteiger charge is -2.70. The first-order valence-electron chi connectivity index (χ1n) is 6.18. The van der Waals surface area contributed by atoms with Crippen LogP contribution in [0.3, 0.4) is 0 Å². The van der Waals surface area contributed by atoms with Crippen LogP contribution in [0.1, 0.15) is 0 Å². The summed E-state index contributed by atoms with van der Waals surface area (Å²) < 4.78 is 12.2. The van der Waals surface area contributed by atoms with E-state index in [4.69, 9.17) is 56.6 Å². The summed E-state index contributed by atoms with van der Waals surface area (Å²) in [6.45, 7) is 1.89. The van der Waals surface area contributed by atoms with Crippen molar-refractivity contribution in [3.63, 3.8) is 0 Å². The monoisotopic (exact) mass is 293 g/mol. The van der Waals surface area contributed by atoms with Crippen molar-refractivity contribution >= 4 is 61.8 Å². The minimum absolute atomic E-state index is 0.0960. The number of piperidine rings is 1. The van der Waals surface area contributed by atoms with E-state index in [1.54, 1.807) is 6.66 Å². The van der Waals surface area contributed by atoms with Crippen molar-refractivity contribution < 1.29 is 19.4 Å². The molecule has 2 heterocycles. The third kappa shape index (κ3) is 2.04. The van der Waals surface area contributed by atoms with Gasteiger partial charge >= 0.3 is 5.97 Å². The molecule has 2 fully saturated rings. The Balaban J connectivity index is 2.71. The highest BCUT2D eigenvalue weighted by Crippen LogP contribution is 2.60. The van der Waals surface area contributed by atoms with Crippen molar-refractivity contribution in [3.8, 4) is 0 Å². The Morgan fingerprint density at radius 1 is 1.14 bits per heavy atom. The fraction of sp³-hybridized carbons (Fsp3) is 0.889. The predicted molar refractivity (Wildman–Crippen MR) is 84.5 cm³/mol. The Bertz CT molecular complexity index is 456. The van der Waals surface area contributed by atoms with E-state index in [0.29, 0.717) is 0 Å². The van der Waals surface area contributed by atoms with Gasteiger partial charge in [-0.15, -0.1) is 0 Å². The van der Waals surface area contributed by atoms with E-state index in [1.807, 2.05) is 0 Å². The van der Waals surface area contributed by atoms with Gasteiger partial charge in [-0.1, -0.05) is 19.3 Å². The summed E-state index contributed by atoms with van der Waals surface area (Å²) in [6, 6.07) is 0. The summed E-state index contributed by atoms with van der Waals surface area (Å²) in [7, 11) is 36.1. The Morgan fingerprint density at radius 3 is 2.00 bits per heavy atom. The van der Waals surface area contributed by atoms with Gasteiger partial charge in [-0.2, -0.15) is 0 Å². The molecule has 12 heteroatoms. The number of nitrogens with zero attached hydrogens (tertiary/aromatic N) is 1. The van der Waals surface area contributed by atoms with Crippen molar-refractivity contribution in [1.82, 2.24) is 4.67 Å². The molecule has 0 saturated carbocycles. The van der Waals surface area contributed by atoms with E-state index < -0.39 is 33.6 Å². The maximum absolute atomic E-state index is 11.7. The summed E-state index contributed by atoms with van der Waals surface area (Å²) in [4.78, 5) is 11.7. The largest absolute Gasteiger partial charge is 0.481 e. The molecule has 2 saturated heterocycles. The molecule has 2 unspecified atom stereocenters. The van der Waals surface area contributed by atoms with Crippen molar-refractivity contribution in [2.75, 3.05) is 19.9 Å². The summed E-state index contributed by atoms with van der Waals surface area (Å²) in [5.41, 5.74) is 0. The van der Waals surface area contributed by atoms with Crippen LogP contribution in [-0.2, 0) is 14.3 Å². The van der Waals surface area contributed by atoms with Crippen LogP contribution in [0.5, 0.6) is 0 Å². The van der Waals surface area contributed by atoms with Gasteiger partial charge in [0.05, 0.1) is 60.3 Å². The molecule has 1 N–H and O–H groups in total. The molecular formula is C9H10B6NO4P. The average molecular weight is 292 g/mol. The molecule has 2 aliphatic heterocycles. The molecule has 2 rings (SSSR count). The van der Waals surface area contributed by atoms with Crippen molar-refractivity contribution in [2.24, 2.45) is 5.92 Å². The van der Waals surface area contributed by atoms with Gasteiger partial charge in [0.1, 0.15) is 5.92 Å². The molecule has 2 atom stereocenters. The van der Waals surface area contributed by atoms with Crippen LogP contribution >= 0.6 is 8.73 Å². The van der Waals surface area contributed by atoms with E-state index >= 15 is 0 Å². The average Bonchev–Trinajstić information content (AvgIpc) is 2.77. The summed E-state index contributed by atoms with van der Waals surface area (Å²) >= 11 is 0. The van der Waals surface area contributed by atoms with Crippen LogP contribution in [0.4, 0.5) is 0 Å². The molecule has 0 bridgehead atoms. The quantitative estimate of drug-likeness (QED) is 0.447. The SMILES string of the molecule is [B]C1([B])C(C(=O)O)C2(OCCO2)C([B])([B])N(PC)C1([B])[B]. The van der Waals surface area contributed by atoms with E-state index in [1.165, 1.54) is 4.67 Å². The van der Waals surface area contributed by atoms with Crippen LogP contribution in [0.2, 0.25) is 5.21 Å². The Hall–Kier alpha value is 0.170. The number of carboxylic acid groups (broad SMARTS) is 1. The van der Waals surface area contributed by atoms with Gasteiger partial charge in [-0.05, 0) is 6.66 Å².